The maximum Gasteiger partial charge on any atom is 0.210 e. The van der Waals surface area contributed by atoms with Crippen molar-refractivity contribution in [1.82, 2.24) is 0 Å². The lowest BCUT2D eigenvalue weighted by molar-refractivity contribution is -0.401. The van der Waals surface area contributed by atoms with Crippen LogP contribution in [-0.2, 0) is 29.8 Å². The first kappa shape index (κ1) is 56.5. The van der Waals surface area contributed by atoms with Crippen LogP contribution in [0.3, 0.4) is 0 Å². The van der Waals surface area contributed by atoms with E-state index in [0.29, 0.717) is 18.6 Å². The van der Waals surface area contributed by atoms with Crippen molar-refractivity contribution in [3.63, 3.8) is 0 Å². The molecule has 5 aliphatic rings. The van der Waals surface area contributed by atoms with Crippen molar-refractivity contribution in [2.75, 3.05) is 19.0 Å². The highest BCUT2D eigenvalue weighted by molar-refractivity contribution is 6.07. The number of hydrogen-bond acceptors (Lipinski definition) is 9. The first-order chi connectivity index (χ1) is 39.0. The Kier molecular flexibility index (Phi) is 16.6. The van der Waals surface area contributed by atoms with Crippen LogP contribution in [0.25, 0.3) is 21.5 Å². The summed E-state index contributed by atoms with van der Waals surface area (Å²) in [6.07, 6.45) is 16.3. The summed E-state index contributed by atoms with van der Waals surface area (Å²) < 4.78 is 36.3. The van der Waals surface area contributed by atoms with Gasteiger partial charge in [0.25, 0.3) is 0 Å². The second-order valence-corrected chi connectivity index (χ2v) is 24.6. The summed E-state index contributed by atoms with van der Waals surface area (Å²) in [6, 6.07) is 41.8. The van der Waals surface area contributed by atoms with Gasteiger partial charge >= 0.3 is 0 Å². The predicted molar refractivity (Wildman–Crippen MR) is 324 cm³/mol. The van der Waals surface area contributed by atoms with Crippen molar-refractivity contribution in [1.29, 1.82) is 0 Å². The fourth-order valence-electron chi connectivity index (χ4n) is 13.8. The highest BCUT2D eigenvalue weighted by atomic mass is 16.7. The molecule has 3 N–H and O–H groups in total. The minimum Gasteiger partial charge on any atom is -0.508 e. The smallest absolute Gasteiger partial charge is 0.210 e. The van der Waals surface area contributed by atoms with Crippen LogP contribution in [0.15, 0.2) is 168 Å². The van der Waals surface area contributed by atoms with E-state index in [4.69, 9.17) is 23.7 Å². The molecule has 11 rings (SSSR count). The summed E-state index contributed by atoms with van der Waals surface area (Å²) in [5, 5.41) is 36.0. The first-order valence-electron chi connectivity index (χ1n) is 29.8. The molecule has 0 spiro atoms. The fraction of sp³-hybridized carbons (Fsp3) is 0.423. The van der Waals surface area contributed by atoms with Gasteiger partial charge in [0.1, 0.15) is 24.3 Å². The molecule has 8 unspecified atom stereocenters. The molecule has 81 heavy (non-hydrogen) atoms. The first-order valence-corrected chi connectivity index (χ1v) is 29.8. The Hall–Kier alpha value is -6.37. The number of aromatic hydroxyl groups is 1. The van der Waals surface area contributed by atoms with Crippen molar-refractivity contribution >= 4 is 38.6 Å². The molecule has 6 aromatic rings. The number of likely N-dealkylation sites (N-methyl/N-ethyl adjacent to an activating group) is 1. The topological polar surface area (TPSA) is 113 Å². The van der Waals surface area contributed by atoms with Gasteiger partial charge in [-0.3, -0.25) is 0 Å². The van der Waals surface area contributed by atoms with Gasteiger partial charge in [-0.05, 0) is 179 Å². The van der Waals surface area contributed by atoms with E-state index >= 15 is 0 Å². The number of hydrogen-bond donors (Lipinski definition) is 3. The number of benzene rings is 6. The van der Waals surface area contributed by atoms with Gasteiger partial charge in [0.05, 0.1) is 42.0 Å². The maximum absolute atomic E-state index is 10.7. The predicted octanol–water partition coefficient (Wildman–Crippen LogP) is 15.6. The Labute approximate surface area is 479 Å². The lowest BCUT2D eigenvalue weighted by Crippen LogP contribution is -2.36. The average Bonchev–Trinajstić information content (AvgIpc) is 4.03. The zero-order valence-electron chi connectivity index (χ0n) is 48.7. The molecule has 2 fully saturated rings. The lowest BCUT2D eigenvalue weighted by Gasteiger charge is -2.38. The summed E-state index contributed by atoms with van der Waals surface area (Å²) in [4.78, 5) is 2.36. The van der Waals surface area contributed by atoms with Crippen LogP contribution in [0.5, 0.6) is 11.5 Å². The Morgan fingerprint density at radius 1 is 0.654 bits per heavy atom. The van der Waals surface area contributed by atoms with Crippen LogP contribution in [-0.4, -0.2) is 76.3 Å². The number of ether oxygens (including phenoxy) is 5. The minimum atomic E-state index is -0.657. The van der Waals surface area contributed by atoms with E-state index in [9.17, 15) is 15.3 Å². The number of nitrogens with zero attached hydrogens (tertiary/aromatic N) is 2. The van der Waals surface area contributed by atoms with Crippen molar-refractivity contribution in [2.24, 2.45) is 0 Å². The molecule has 4 heterocycles. The molecule has 0 aromatic heterocycles. The normalized spacial score (nSPS) is 25.3. The molecule has 424 valence electrons. The Bertz CT molecular complexity index is 3440. The number of rotatable bonds is 17. The number of phenols is 1. The quantitative estimate of drug-likeness (QED) is 0.0769. The molecule has 4 aliphatic heterocycles. The molecule has 1 aliphatic carbocycles. The summed E-state index contributed by atoms with van der Waals surface area (Å²) in [5.41, 5.74) is 11.1. The van der Waals surface area contributed by atoms with Crippen molar-refractivity contribution in [2.45, 2.75) is 179 Å². The number of aliphatic hydroxyl groups excluding tert-OH is 2. The van der Waals surface area contributed by atoms with Gasteiger partial charge in [0, 0.05) is 65.5 Å². The molecule has 8 atom stereocenters. The van der Waals surface area contributed by atoms with Crippen LogP contribution in [0.2, 0.25) is 0 Å². The Morgan fingerprint density at radius 2 is 1.27 bits per heavy atom. The number of phenolic OH excluding ortho intramolecular Hbond substituents is 1. The third-order valence-corrected chi connectivity index (χ3v) is 17.8. The summed E-state index contributed by atoms with van der Waals surface area (Å²) >= 11 is 0. The lowest BCUT2D eigenvalue weighted by atomic mass is 9.78. The van der Waals surface area contributed by atoms with Crippen LogP contribution in [0.1, 0.15) is 153 Å². The van der Waals surface area contributed by atoms with Gasteiger partial charge in [-0.25, -0.2) is 0 Å². The van der Waals surface area contributed by atoms with Crippen LogP contribution >= 0.6 is 0 Å². The number of aliphatic hydroxyl groups is 2. The molecular formula is C71H83N2O8+. The third-order valence-electron chi connectivity index (χ3n) is 17.8. The molecule has 0 saturated carbocycles. The van der Waals surface area contributed by atoms with Gasteiger partial charge in [-0.2, -0.15) is 4.58 Å². The van der Waals surface area contributed by atoms with Gasteiger partial charge in [-0.1, -0.05) is 98.8 Å². The highest BCUT2D eigenvalue weighted by Gasteiger charge is 2.45. The fourth-order valence-corrected chi connectivity index (χ4v) is 13.8. The number of fused-ring (bicyclic) bond motifs is 6. The molecule has 2 saturated heterocycles. The molecule has 0 radical (unpaired) electrons. The zero-order valence-corrected chi connectivity index (χ0v) is 48.7. The van der Waals surface area contributed by atoms with E-state index < -0.39 is 18.7 Å². The van der Waals surface area contributed by atoms with Gasteiger partial charge in [-0.15, -0.1) is 0 Å². The highest BCUT2D eigenvalue weighted by Crippen LogP contribution is 2.51. The standard InChI is InChI=1S/C71H82N2O8/c1-45(74)18-13-26-55-43-56(79-68(78-55)51-23-15-25-53(76)41-51)28-17-29-57-44-58(40-46(2)75)81-69(80-57)52-24-16-27-54(42-52)77-67-49(34-38-63-70(3,4)65-59-30-11-9-19-47(59)32-36-61(65)72(63)7)21-14-22-50(67)35-39-64-71(5,6)66-60-31-12-10-20-48(60)33-37-62(66)73(64)8/h9-12,15-16,19-20,23-25,27,30-39,41-42,45-46,55-58,68-69,74-75H,13-14,17-18,21-22,26,28-29,40,43-44H2,1-8H3/p+1. The molecule has 6 aromatic carbocycles. The number of allylic oxidation sites excluding steroid dienone is 7. The van der Waals surface area contributed by atoms with E-state index in [1.165, 1.54) is 55.5 Å². The minimum absolute atomic E-state index is 0.0253. The van der Waals surface area contributed by atoms with E-state index in [0.717, 1.165) is 92.2 Å². The van der Waals surface area contributed by atoms with Gasteiger partial charge < -0.3 is 43.9 Å². The van der Waals surface area contributed by atoms with Gasteiger partial charge in [0.2, 0.25) is 5.69 Å². The number of anilines is 1. The van der Waals surface area contributed by atoms with Crippen molar-refractivity contribution in [3.05, 3.63) is 190 Å². The van der Waals surface area contributed by atoms with Gasteiger partial charge in [0.15, 0.2) is 18.3 Å². The van der Waals surface area contributed by atoms with Crippen LogP contribution in [0.4, 0.5) is 11.4 Å². The monoisotopic (exact) mass is 1090 g/mol. The van der Waals surface area contributed by atoms with E-state index in [2.05, 4.69) is 160 Å². The molecule has 0 amide bonds. The van der Waals surface area contributed by atoms with Crippen molar-refractivity contribution in [3.8, 4) is 11.5 Å². The molecule has 0 bridgehead atoms. The maximum atomic E-state index is 10.7. The molecular weight excluding hydrogens is 1010 g/mol. The summed E-state index contributed by atoms with van der Waals surface area (Å²) in [6.45, 7) is 13.0. The zero-order chi connectivity index (χ0) is 56.6. The molecule has 10 heteroatoms. The SMILES string of the molecule is CC(O)CCCC1CC(CCCC2CC(CC(C)O)OC(c3cccc(OC4=C(/C=C/C5=[N+](C)c6ccc7ccccc7c6C5(C)C)CCC/C4=C\C=C4\N(C)c5ccc6ccccc6c5C4(C)C)c3)O2)OC(c2cccc(O)c2)O1. The summed E-state index contributed by atoms with van der Waals surface area (Å²) in [7, 11) is 4.39. The molecule has 10 nitrogen and oxygen atoms in total. The van der Waals surface area contributed by atoms with E-state index in [-0.39, 0.29) is 47.1 Å². The Morgan fingerprint density at radius 3 is 1.95 bits per heavy atom. The van der Waals surface area contributed by atoms with Crippen molar-refractivity contribution < 1.29 is 43.6 Å². The summed E-state index contributed by atoms with van der Waals surface area (Å²) in [5.74, 6) is 1.75. The largest absolute Gasteiger partial charge is 0.508 e. The Balaban J connectivity index is 0.874. The third kappa shape index (κ3) is 12.0. The second kappa shape index (κ2) is 23.8. The van der Waals surface area contributed by atoms with E-state index in [1.54, 1.807) is 12.1 Å². The van der Waals surface area contributed by atoms with Crippen LogP contribution in [0, 0.1) is 0 Å². The average molecular weight is 1090 g/mol. The second-order valence-electron chi connectivity index (χ2n) is 24.6. The van der Waals surface area contributed by atoms with E-state index in [1.807, 2.05) is 38.1 Å². The van der Waals surface area contributed by atoms with Crippen LogP contribution < -0.4 is 9.64 Å².